The maximum atomic E-state index is 6.25. The van der Waals surface area contributed by atoms with Crippen LogP contribution in [-0.4, -0.2) is 16.1 Å². The van der Waals surface area contributed by atoms with Crippen LogP contribution in [0.3, 0.4) is 0 Å². The minimum Gasteiger partial charge on any atom is -0.309 e. The van der Waals surface area contributed by atoms with Crippen LogP contribution in [0.15, 0.2) is 24.3 Å². The average Bonchev–Trinajstić information content (AvgIpc) is 2.83. The lowest BCUT2D eigenvalue weighted by molar-refractivity contribution is 0.534. The van der Waals surface area contributed by atoms with E-state index in [-0.39, 0.29) is 6.04 Å². The second kappa shape index (κ2) is 6.98. The molecule has 1 atom stereocenters. The molecule has 0 saturated heterocycles. The van der Waals surface area contributed by atoms with Crippen LogP contribution in [0.1, 0.15) is 35.5 Å². The molecule has 1 heterocycles. The van der Waals surface area contributed by atoms with Gasteiger partial charge in [0.05, 0.1) is 10.6 Å². The first kappa shape index (κ1) is 14.4. The first-order chi connectivity index (χ1) is 9.22. The minimum absolute atomic E-state index is 0.236. The Balaban J connectivity index is 2.19. The predicted molar refractivity (Wildman–Crippen MR) is 80.8 cm³/mol. The quantitative estimate of drug-likeness (QED) is 0.881. The second-order valence-corrected chi connectivity index (χ2v) is 5.72. The number of aromatic nitrogens is 2. The Hall–Kier alpha value is -0.970. The number of nitrogens with one attached hydrogen (secondary N) is 1. The van der Waals surface area contributed by atoms with Crippen LogP contribution in [0.25, 0.3) is 0 Å². The van der Waals surface area contributed by atoms with Gasteiger partial charge in [0, 0.05) is 11.1 Å². The maximum absolute atomic E-state index is 6.25. The van der Waals surface area contributed by atoms with Gasteiger partial charge in [0.25, 0.3) is 0 Å². The van der Waals surface area contributed by atoms with Crippen molar-refractivity contribution in [2.75, 3.05) is 6.54 Å². The van der Waals surface area contributed by atoms with E-state index in [1.807, 2.05) is 25.1 Å². The summed E-state index contributed by atoms with van der Waals surface area (Å²) in [6, 6.07) is 8.23. The summed E-state index contributed by atoms with van der Waals surface area (Å²) in [5.74, 6) is 0. The van der Waals surface area contributed by atoms with Crippen LogP contribution in [0.5, 0.6) is 0 Å². The van der Waals surface area contributed by atoms with Crippen LogP contribution in [-0.2, 0) is 6.42 Å². The molecule has 1 aromatic carbocycles. The summed E-state index contributed by atoms with van der Waals surface area (Å²) >= 11 is 7.71. The molecule has 0 aliphatic carbocycles. The molecule has 1 N–H and O–H groups in total. The van der Waals surface area contributed by atoms with Crippen molar-refractivity contribution in [3.8, 4) is 0 Å². The Morgan fingerprint density at radius 2 is 2.16 bits per heavy atom. The molecule has 1 aromatic heterocycles. The Labute approximate surface area is 123 Å². The van der Waals surface area contributed by atoms with Crippen molar-refractivity contribution in [3.63, 3.8) is 0 Å². The van der Waals surface area contributed by atoms with Gasteiger partial charge in [0.1, 0.15) is 0 Å². The molecule has 0 bridgehead atoms. The molecule has 3 nitrogen and oxygen atoms in total. The van der Waals surface area contributed by atoms with Crippen molar-refractivity contribution < 1.29 is 0 Å². The molecule has 5 heteroatoms. The molecule has 0 aliphatic rings. The molecule has 102 valence electrons. The lowest BCUT2D eigenvalue weighted by Gasteiger charge is -2.18. The van der Waals surface area contributed by atoms with Crippen LogP contribution in [0, 0.1) is 6.92 Å². The summed E-state index contributed by atoms with van der Waals surface area (Å²) in [6.07, 6.45) is 1.97. The molecule has 2 aromatic rings. The van der Waals surface area contributed by atoms with Crippen molar-refractivity contribution in [3.05, 3.63) is 45.4 Å². The van der Waals surface area contributed by atoms with Crippen LogP contribution in [0.2, 0.25) is 5.02 Å². The standard InChI is InChI=1S/C14H18ClN3S/c1-3-8-16-13(14-10(2)17-18-19-14)9-11-6-4-5-7-12(11)15/h4-7,13,16H,3,8-9H2,1-2H3. The molecule has 19 heavy (non-hydrogen) atoms. The van der Waals surface area contributed by atoms with Gasteiger partial charge in [-0.1, -0.05) is 41.2 Å². The predicted octanol–water partition coefficient (Wildman–Crippen LogP) is 3.78. The molecule has 0 radical (unpaired) electrons. The third kappa shape index (κ3) is 3.75. The number of nitrogens with zero attached hydrogens (tertiary/aromatic N) is 2. The zero-order valence-electron chi connectivity index (χ0n) is 11.2. The lowest BCUT2D eigenvalue weighted by Crippen LogP contribution is -2.24. The zero-order chi connectivity index (χ0) is 13.7. The van der Waals surface area contributed by atoms with E-state index in [0.717, 1.165) is 35.7 Å². The van der Waals surface area contributed by atoms with E-state index in [9.17, 15) is 0 Å². The fourth-order valence-electron chi connectivity index (χ4n) is 2.02. The topological polar surface area (TPSA) is 37.8 Å². The van der Waals surface area contributed by atoms with Crippen molar-refractivity contribution in [2.24, 2.45) is 0 Å². The third-order valence-electron chi connectivity index (χ3n) is 3.03. The average molecular weight is 296 g/mol. The molecule has 2 rings (SSSR count). The molecule has 0 spiro atoms. The smallest absolute Gasteiger partial charge is 0.0772 e. The van der Waals surface area contributed by atoms with E-state index in [1.165, 1.54) is 16.4 Å². The Kier molecular flexibility index (Phi) is 5.31. The van der Waals surface area contributed by atoms with Gasteiger partial charge in [-0.05, 0) is 49.5 Å². The van der Waals surface area contributed by atoms with Crippen LogP contribution < -0.4 is 5.32 Å². The second-order valence-electron chi connectivity index (χ2n) is 4.52. The number of rotatable bonds is 6. The van der Waals surface area contributed by atoms with E-state index in [4.69, 9.17) is 11.6 Å². The molecular formula is C14H18ClN3S. The maximum Gasteiger partial charge on any atom is 0.0772 e. The van der Waals surface area contributed by atoms with Crippen LogP contribution >= 0.6 is 23.1 Å². The summed E-state index contributed by atoms with van der Waals surface area (Å²) in [5.41, 5.74) is 2.16. The number of hydrogen-bond donors (Lipinski definition) is 1. The summed E-state index contributed by atoms with van der Waals surface area (Å²) in [7, 11) is 0. The number of halogens is 1. The lowest BCUT2D eigenvalue weighted by atomic mass is 10.0. The van der Waals surface area contributed by atoms with Crippen LogP contribution in [0.4, 0.5) is 0 Å². The SMILES string of the molecule is CCCNC(Cc1ccccc1Cl)c1snnc1C. The number of aryl methyl sites for hydroxylation is 1. The van der Waals surface area contributed by atoms with Crippen molar-refractivity contribution in [1.82, 2.24) is 14.9 Å². The van der Waals surface area contributed by atoms with Gasteiger partial charge in [0.15, 0.2) is 0 Å². The Morgan fingerprint density at radius 1 is 1.37 bits per heavy atom. The Bertz CT molecular complexity index is 527. The van der Waals surface area contributed by atoms with Gasteiger partial charge < -0.3 is 5.32 Å². The van der Waals surface area contributed by atoms with Crippen molar-refractivity contribution in [2.45, 2.75) is 32.7 Å². The van der Waals surface area contributed by atoms with E-state index >= 15 is 0 Å². The molecule has 1 unspecified atom stereocenters. The molecule has 0 aliphatic heterocycles. The zero-order valence-corrected chi connectivity index (χ0v) is 12.8. The van der Waals surface area contributed by atoms with Gasteiger partial charge in [-0.3, -0.25) is 0 Å². The third-order valence-corrected chi connectivity index (χ3v) is 4.33. The first-order valence-electron chi connectivity index (χ1n) is 6.48. The fourth-order valence-corrected chi connectivity index (χ4v) is 2.95. The van der Waals surface area contributed by atoms with E-state index in [1.54, 1.807) is 0 Å². The van der Waals surface area contributed by atoms with Gasteiger partial charge in [-0.15, -0.1) is 5.10 Å². The van der Waals surface area contributed by atoms with Crippen molar-refractivity contribution in [1.29, 1.82) is 0 Å². The monoisotopic (exact) mass is 295 g/mol. The Morgan fingerprint density at radius 3 is 2.79 bits per heavy atom. The highest BCUT2D eigenvalue weighted by molar-refractivity contribution is 7.05. The van der Waals surface area contributed by atoms with Gasteiger partial charge in [-0.2, -0.15) is 0 Å². The van der Waals surface area contributed by atoms with Gasteiger partial charge in [-0.25, -0.2) is 0 Å². The van der Waals surface area contributed by atoms with E-state index in [2.05, 4.69) is 27.9 Å². The van der Waals surface area contributed by atoms with Gasteiger partial charge in [0.2, 0.25) is 0 Å². The highest BCUT2D eigenvalue weighted by Gasteiger charge is 2.18. The number of benzene rings is 1. The largest absolute Gasteiger partial charge is 0.309 e. The molecule has 0 amide bonds. The molecular weight excluding hydrogens is 278 g/mol. The van der Waals surface area contributed by atoms with E-state index < -0.39 is 0 Å². The van der Waals surface area contributed by atoms with Gasteiger partial charge >= 0.3 is 0 Å². The highest BCUT2D eigenvalue weighted by Crippen LogP contribution is 2.26. The summed E-state index contributed by atoms with van der Waals surface area (Å²) in [4.78, 5) is 1.20. The van der Waals surface area contributed by atoms with Crippen molar-refractivity contribution >= 4 is 23.1 Å². The normalized spacial score (nSPS) is 12.6. The highest BCUT2D eigenvalue weighted by atomic mass is 35.5. The minimum atomic E-state index is 0.236. The molecule has 0 fully saturated rings. The summed E-state index contributed by atoms with van der Waals surface area (Å²) in [6.45, 7) is 5.15. The first-order valence-corrected chi connectivity index (χ1v) is 7.63. The summed E-state index contributed by atoms with van der Waals surface area (Å²) in [5, 5.41) is 8.49. The fraction of sp³-hybridized carbons (Fsp3) is 0.429. The molecule has 0 saturated carbocycles. The summed E-state index contributed by atoms with van der Waals surface area (Å²) < 4.78 is 4.03. The number of hydrogen-bond acceptors (Lipinski definition) is 4. The van der Waals surface area contributed by atoms with E-state index in [0.29, 0.717) is 0 Å².